The molecule has 1 unspecified atom stereocenters. The number of amides is 1. The average Bonchev–Trinajstić information content (AvgIpc) is 2.54. The summed E-state index contributed by atoms with van der Waals surface area (Å²) in [4.78, 5) is 12.1. The minimum atomic E-state index is -3.74. The fourth-order valence-corrected chi connectivity index (χ4v) is 3.47. The molecule has 2 aromatic rings. The van der Waals surface area contributed by atoms with Crippen LogP contribution < -0.4 is 10.0 Å². The highest BCUT2D eigenvalue weighted by Gasteiger charge is 2.21. The van der Waals surface area contributed by atoms with Crippen molar-refractivity contribution in [2.45, 2.75) is 37.6 Å². The predicted octanol–water partition coefficient (Wildman–Crippen LogP) is 2.42. The molecule has 0 fully saturated rings. The lowest BCUT2D eigenvalue weighted by molar-refractivity contribution is -0.122. The summed E-state index contributed by atoms with van der Waals surface area (Å²) in [5, 5.41) is 4.53. The number of fused-ring (bicyclic) bond motifs is 1. The molecular formula is C17H22N2O3S. The highest BCUT2D eigenvalue weighted by Crippen LogP contribution is 2.19. The maximum Gasteiger partial charge on any atom is 0.241 e. The van der Waals surface area contributed by atoms with E-state index in [1.54, 1.807) is 25.1 Å². The summed E-state index contributed by atoms with van der Waals surface area (Å²) >= 11 is 0. The second-order valence-corrected chi connectivity index (χ2v) is 7.21. The molecule has 1 atom stereocenters. The molecule has 0 aromatic heterocycles. The van der Waals surface area contributed by atoms with Gasteiger partial charge in [-0.25, -0.2) is 8.42 Å². The number of hydrogen-bond acceptors (Lipinski definition) is 3. The van der Waals surface area contributed by atoms with Gasteiger partial charge in [0.15, 0.2) is 0 Å². The number of unbranched alkanes of at least 4 members (excludes halogenated alkanes) is 1. The highest BCUT2D eigenvalue weighted by molar-refractivity contribution is 7.89. The normalized spacial score (nSPS) is 13.0. The number of carbonyl (C=O) groups excluding carboxylic acids is 1. The van der Waals surface area contributed by atoms with Crippen LogP contribution in [-0.4, -0.2) is 26.9 Å². The van der Waals surface area contributed by atoms with Crippen molar-refractivity contribution in [3.8, 4) is 0 Å². The van der Waals surface area contributed by atoms with Crippen molar-refractivity contribution in [1.82, 2.24) is 10.0 Å². The van der Waals surface area contributed by atoms with E-state index in [9.17, 15) is 13.2 Å². The van der Waals surface area contributed by atoms with E-state index in [4.69, 9.17) is 0 Å². The van der Waals surface area contributed by atoms with Gasteiger partial charge in [0.2, 0.25) is 15.9 Å². The summed E-state index contributed by atoms with van der Waals surface area (Å²) in [6, 6.07) is 11.6. The third-order valence-electron chi connectivity index (χ3n) is 3.59. The Kier molecular flexibility index (Phi) is 5.74. The van der Waals surface area contributed by atoms with E-state index in [0.29, 0.717) is 6.54 Å². The molecule has 6 heteroatoms. The van der Waals surface area contributed by atoms with Crippen molar-refractivity contribution in [2.24, 2.45) is 0 Å². The van der Waals surface area contributed by atoms with Crippen LogP contribution in [-0.2, 0) is 14.8 Å². The molecular weight excluding hydrogens is 312 g/mol. The third-order valence-corrected chi connectivity index (χ3v) is 5.12. The van der Waals surface area contributed by atoms with Gasteiger partial charge < -0.3 is 5.32 Å². The van der Waals surface area contributed by atoms with E-state index >= 15 is 0 Å². The van der Waals surface area contributed by atoms with E-state index < -0.39 is 16.1 Å². The minimum absolute atomic E-state index is 0.157. The molecule has 5 nitrogen and oxygen atoms in total. The molecule has 0 aliphatic carbocycles. The predicted molar refractivity (Wildman–Crippen MR) is 91.6 cm³/mol. The molecule has 124 valence electrons. The first kappa shape index (κ1) is 17.4. The van der Waals surface area contributed by atoms with Crippen LogP contribution in [0.3, 0.4) is 0 Å². The topological polar surface area (TPSA) is 75.3 Å². The van der Waals surface area contributed by atoms with Gasteiger partial charge in [-0.2, -0.15) is 4.72 Å². The van der Waals surface area contributed by atoms with Gasteiger partial charge in [0.25, 0.3) is 0 Å². The van der Waals surface area contributed by atoms with Gasteiger partial charge in [0.1, 0.15) is 0 Å². The molecule has 0 saturated heterocycles. The van der Waals surface area contributed by atoms with Crippen molar-refractivity contribution in [1.29, 1.82) is 0 Å². The zero-order valence-corrected chi connectivity index (χ0v) is 14.2. The number of rotatable bonds is 7. The summed E-state index contributed by atoms with van der Waals surface area (Å²) in [5.74, 6) is -0.317. The van der Waals surface area contributed by atoms with E-state index in [2.05, 4.69) is 10.0 Å². The van der Waals surface area contributed by atoms with Crippen LogP contribution in [0, 0.1) is 0 Å². The summed E-state index contributed by atoms with van der Waals surface area (Å²) < 4.78 is 27.3. The van der Waals surface area contributed by atoms with Gasteiger partial charge in [0.05, 0.1) is 10.9 Å². The number of sulfonamides is 1. The van der Waals surface area contributed by atoms with Crippen LogP contribution in [0.15, 0.2) is 47.4 Å². The SMILES string of the molecule is CCCCNC(=O)C(C)NS(=O)(=O)c1ccc2ccccc2c1. The van der Waals surface area contributed by atoms with Crippen LogP contribution in [0.4, 0.5) is 0 Å². The lowest BCUT2D eigenvalue weighted by Crippen LogP contribution is -2.44. The standard InChI is InChI=1S/C17H22N2O3S/c1-3-4-11-18-17(20)13(2)19-23(21,22)16-10-9-14-7-5-6-8-15(14)12-16/h5-10,12-13,19H,3-4,11H2,1-2H3,(H,18,20). The smallest absolute Gasteiger partial charge is 0.241 e. The van der Waals surface area contributed by atoms with Crippen LogP contribution in [0.2, 0.25) is 0 Å². The first-order valence-corrected chi connectivity index (χ1v) is 9.21. The monoisotopic (exact) mass is 334 g/mol. The summed E-state index contributed by atoms with van der Waals surface area (Å²) in [6.07, 6.45) is 1.84. The van der Waals surface area contributed by atoms with Crippen LogP contribution in [0.25, 0.3) is 10.8 Å². The molecule has 0 aliphatic heterocycles. The van der Waals surface area contributed by atoms with Crippen molar-refractivity contribution in [2.75, 3.05) is 6.54 Å². The number of benzene rings is 2. The lowest BCUT2D eigenvalue weighted by atomic mass is 10.1. The van der Waals surface area contributed by atoms with Gasteiger partial charge in [-0.1, -0.05) is 43.7 Å². The number of hydrogen-bond donors (Lipinski definition) is 2. The Hall–Kier alpha value is -1.92. The fraction of sp³-hybridized carbons (Fsp3) is 0.353. The van der Waals surface area contributed by atoms with Gasteiger partial charge in [-0.15, -0.1) is 0 Å². The first-order valence-electron chi connectivity index (χ1n) is 7.73. The molecule has 0 saturated carbocycles. The minimum Gasteiger partial charge on any atom is -0.355 e. The quantitative estimate of drug-likeness (QED) is 0.764. The van der Waals surface area contributed by atoms with Gasteiger partial charge in [0, 0.05) is 6.54 Å². The zero-order valence-electron chi connectivity index (χ0n) is 13.4. The van der Waals surface area contributed by atoms with Crippen molar-refractivity contribution in [3.63, 3.8) is 0 Å². The second kappa shape index (κ2) is 7.57. The second-order valence-electron chi connectivity index (χ2n) is 5.50. The Bertz CT molecular complexity index is 787. The number of carbonyl (C=O) groups is 1. The molecule has 1 amide bonds. The average molecular weight is 334 g/mol. The third kappa shape index (κ3) is 4.53. The van der Waals surface area contributed by atoms with Crippen molar-refractivity contribution < 1.29 is 13.2 Å². The summed E-state index contributed by atoms with van der Waals surface area (Å²) in [7, 11) is -3.74. The largest absolute Gasteiger partial charge is 0.355 e. The maximum atomic E-state index is 12.4. The van der Waals surface area contributed by atoms with Crippen LogP contribution in [0.1, 0.15) is 26.7 Å². The lowest BCUT2D eigenvalue weighted by Gasteiger charge is -2.14. The van der Waals surface area contributed by atoms with Gasteiger partial charge >= 0.3 is 0 Å². The molecule has 0 spiro atoms. The van der Waals surface area contributed by atoms with Crippen LogP contribution in [0.5, 0.6) is 0 Å². The molecule has 0 bridgehead atoms. The van der Waals surface area contributed by atoms with E-state index in [0.717, 1.165) is 23.6 Å². The van der Waals surface area contributed by atoms with E-state index in [1.807, 2.05) is 31.2 Å². The highest BCUT2D eigenvalue weighted by atomic mass is 32.2. The maximum absolute atomic E-state index is 12.4. The fourth-order valence-electron chi connectivity index (χ4n) is 2.23. The molecule has 2 N–H and O–H groups in total. The zero-order chi connectivity index (χ0) is 16.9. The van der Waals surface area contributed by atoms with E-state index in [-0.39, 0.29) is 10.8 Å². The molecule has 2 rings (SSSR count). The molecule has 23 heavy (non-hydrogen) atoms. The first-order chi connectivity index (χ1) is 10.9. The molecule has 2 aromatic carbocycles. The van der Waals surface area contributed by atoms with Gasteiger partial charge in [-0.05, 0) is 36.2 Å². The molecule has 0 radical (unpaired) electrons. The van der Waals surface area contributed by atoms with E-state index in [1.165, 1.54) is 0 Å². The van der Waals surface area contributed by atoms with Crippen LogP contribution >= 0.6 is 0 Å². The number of nitrogens with one attached hydrogen (secondary N) is 2. The Morgan fingerprint density at radius 3 is 2.52 bits per heavy atom. The Balaban J connectivity index is 2.12. The summed E-state index contributed by atoms with van der Waals surface area (Å²) in [6.45, 7) is 4.12. The molecule has 0 aliphatic rings. The Labute approximate surface area is 137 Å². The Morgan fingerprint density at radius 2 is 1.83 bits per heavy atom. The Morgan fingerprint density at radius 1 is 1.13 bits per heavy atom. The summed E-state index contributed by atoms with van der Waals surface area (Å²) in [5.41, 5.74) is 0. The molecule has 0 heterocycles. The van der Waals surface area contributed by atoms with Crippen molar-refractivity contribution >= 4 is 26.7 Å². The van der Waals surface area contributed by atoms with Crippen molar-refractivity contribution in [3.05, 3.63) is 42.5 Å². The van der Waals surface area contributed by atoms with Gasteiger partial charge in [-0.3, -0.25) is 4.79 Å².